The molecule has 1 aromatic rings. The summed E-state index contributed by atoms with van der Waals surface area (Å²) in [6.07, 6.45) is 2.54. The van der Waals surface area contributed by atoms with E-state index in [0.29, 0.717) is 0 Å². The van der Waals surface area contributed by atoms with Crippen molar-refractivity contribution < 1.29 is 19.2 Å². The number of aliphatic hydroxyl groups is 1. The largest absolute Gasteiger partial charge is 0.396 e. The third-order valence-electron chi connectivity index (χ3n) is 3.62. The number of halogens is 1. The van der Waals surface area contributed by atoms with Gasteiger partial charge in [0.05, 0.1) is 4.92 Å². The second kappa shape index (κ2) is 5.96. The molecule has 6 nitrogen and oxygen atoms in total. The number of benzene rings is 1. The Kier molecular flexibility index (Phi) is 4.29. The zero-order valence-electron chi connectivity index (χ0n) is 10.7. The van der Waals surface area contributed by atoms with Crippen LogP contribution in [-0.2, 0) is 0 Å². The van der Waals surface area contributed by atoms with Crippen LogP contribution in [0.25, 0.3) is 0 Å². The van der Waals surface area contributed by atoms with Gasteiger partial charge in [0.1, 0.15) is 0 Å². The summed E-state index contributed by atoms with van der Waals surface area (Å²) >= 11 is 0. The topological polar surface area (TPSA) is 92.5 Å². The molecule has 2 unspecified atom stereocenters. The highest BCUT2D eigenvalue weighted by atomic mass is 19.1. The van der Waals surface area contributed by atoms with Gasteiger partial charge in [-0.25, -0.2) is 0 Å². The van der Waals surface area contributed by atoms with E-state index in [1.54, 1.807) is 0 Å². The predicted octanol–water partition coefficient (Wildman–Crippen LogP) is 1.62. The molecular weight excluding hydrogens is 267 g/mol. The zero-order valence-corrected chi connectivity index (χ0v) is 10.7. The van der Waals surface area contributed by atoms with E-state index < -0.39 is 22.3 Å². The van der Waals surface area contributed by atoms with Gasteiger partial charge >= 0.3 is 5.69 Å². The van der Waals surface area contributed by atoms with Crippen LogP contribution in [0.5, 0.6) is 0 Å². The molecule has 0 aromatic heterocycles. The standard InChI is InChI=1S/C13H15FN2O4/c14-10-6-8(4-5-12(10)16(19)20)13(18)15-11-3-1-2-9(11)7-17/h4-6,9,11,17H,1-3,7H2,(H,15,18). The fourth-order valence-electron chi connectivity index (χ4n) is 2.49. The molecular formula is C13H15FN2O4. The maximum atomic E-state index is 13.5. The first-order valence-corrected chi connectivity index (χ1v) is 6.38. The highest BCUT2D eigenvalue weighted by Crippen LogP contribution is 2.25. The number of nitrogens with zero attached hydrogens (tertiary/aromatic N) is 1. The summed E-state index contributed by atoms with van der Waals surface area (Å²) in [5, 5.41) is 22.4. The maximum absolute atomic E-state index is 13.5. The summed E-state index contributed by atoms with van der Waals surface area (Å²) in [5.41, 5.74) is -0.618. The average molecular weight is 282 g/mol. The van der Waals surface area contributed by atoms with Crippen molar-refractivity contribution in [3.05, 3.63) is 39.7 Å². The number of nitrogens with one attached hydrogen (secondary N) is 1. The number of aliphatic hydroxyl groups excluding tert-OH is 1. The minimum atomic E-state index is -1.03. The average Bonchev–Trinajstić information content (AvgIpc) is 2.85. The van der Waals surface area contributed by atoms with E-state index >= 15 is 0 Å². The second-order valence-electron chi connectivity index (χ2n) is 4.88. The number of rotatable bonds is 4. The van der Waals surface area contributed by atoms with Crippen LogP contribution in [0.3, 0.4) is 0 Å². The van der Waals surface area contributed by atoms with Gasteiger partial charge in [0.15, 0.2) is 0 Å². The fourth-order valence-corrected chi connectivity index (χ4v) is 2.49. The molecule has 108 valence electrons. The Labute approximate surface area is 114 Å². The number of hydrogen-bond acceptors (Lipinski definition) is 4. The third kappa shape index (κ3) is 2.93. The van der Waals surface area contributed by atoms with E-state index in [1.165, 1.54) is 6.07 Å². The summed E-state index contributed by atoms with van der Waals surface area (Å²) in [7, 11) is 0. The molecule has 0 heterocycles. The Morgan fingerprint density at radius 3 is 2.85 bits per heavy atom. The van der Waals surface area contributed by atoms with Gasteiger partial charge in [0.2, 0.25) is 5.82 Å². The maximum Gasteiger partial charge on any atom is 0.304 e. The lowest BCUT2D eigenvalue weighted by Gasteiger charge is -2.18. The Bertz CT molecular complexity index is 535. The van der Waals surface area contributed by atoms with E-state index in [9.17, 15) is 24.4 Å². The number of amides is 1. The molecule has 0 bridgehead atoms. The highest BCUT2D eigenvalue weighted by Gasteiger charge is 2.28. The van der Waals surface area contributed by atoms with Gasteiger partial charge < -0.3 is 10.4 Å². The van der Waals surface area contributed by atoms with Crippen LogP contribution in [0.15, 0.2) is 18.2 Å². The zero-order chi connectivity index (χ0) is 14.7. The van der Waals surface area contributed by atoms with Crippen molar-refractivity contribution in [1.29, 1.82) is 0 Å². The molecule has 0 saturated heterocycles. The monoisotopic (exact) mass is 282 g/mol. The Morgan fingerprint density at radius 2 is 2.25 bits per heavy atom. The van der Waals surface area contributed by atoms with Gasteiger partial charge in [-0.05, 0) is 25.0 Å². The Morgan fingerprint density at radius 1 is 1.50 bits per heavy atom. The molecule has 1 aromatic carbocycles. The Hall–Kier alpha value is -2.02. The van der Waals surface area contributed by atoms with Gasteiger partial charge in [0.25, 0.3) is 5.91 Å². The molecule has 7 heteroatoms. The normalized spacial score (nSPS) is 21.7. The quantitative estimate of drug-likeness (QED) is 0.648. The molecule has 2 N–H and O–H groups in total. The van der Waals surface area contributed by atoms with Gasteiger partial charge in [-0.15, -0.1) is 0 Å². The number of carbonyl (C=O) groups excluding carboxylic acids is 1. The molecule has 0 radical (unpaired) electrons. The van der Waals surface area contributed by atoms with Gasteiger partial charge in [-0.2, -0.15) is 4.39 Å². The Balaban J connectivity index is 2.10. The number of nitro groups is 1. The highest BCUT2D eigenvalue weighted by molar-refractivity contribution is 5.94. The molecule has 1 amide bonds. The second-order valence-corrected chi connectivity index (χ2v) is 4.88. The minimum Gasteiger partial charge on any atom is -0.396 e. The van der Waals surface area contributed by atoms with Crippen molar-refractivity contribution in [1.82, 2.24) is 5.32 Å². The van der Waals surface area contributed by atoms with Gasteiger partial charge in [-0.1, -0.05) is 6.42 Å². The van der Waals surface area contributed by atoms with Crippen LogP contribution in [0.4, 0.5) is 10.1 Å². The molecule has 0 aliphatic heterocycles. The minimum absolute atomic E-state index is 0.000427. The summed E-state index contributed by atoms with van der Waals surface area (Å²) < 4.78 is 13.5. The lowest BCUT2D eigenvalue weighted by Crippen LogP contribution is -2.38. The van der Waals surface area contributed by atoms with Crippen molar-refractivity contribution >= 4 is 11.6 Å². The van der Waals surface area contributed by atoms with E-state index in [1.807, 2.05) is 0 Å². The van der Waals surface area contributed by atoms with Crippen molar-refractivity contribution in [2.45, 2.75) is 25.3 Å². The molecule has 2 atom stereocenters. The summed E-state index contributed by atoms with van der Waals surface area (Å²) in [6, 6.07) is 2.92. The van der Waals surface area contributed by atoms with E-state index in [0.717, 1.165) is 31.4 Å². The third-order valence-corrected chi connectivity index (χ3v) is 3.62. The lowest BCUT2D eigenvalue weighted by atomic mass is 10.0. The first kappa shape index (κ1) is 14.4. The van der Waals surface area contributed by atoms with Crippen LogP contribution in [-0.4, -0.2) is 28.6 Å². The van der Waals surface area contributed by atoms with Crippen LogP contribution < -0.4 is 5.32 Å². The van der Waals surface area contributed by atoms with E-state index in [4.69, 9.17) is 0 Å². The first-order chi connectivity index (χ1) is 9.52. The number of carbonyl (C=O) groups is 1. The number of nitro benzene ring substituents is 1. The molecule has 0 spiro atoms. The van der Waals surface area contributed by atoms with E-state index in [2.05, 4.69) is 5.32 Å². The van der Waals surface area contributed by atoms with Crippen molar-refractivity contribution in [2.24, 2.45) is 5.92 Å². The van der Waals surface area contributed by atoms with Crippen molar-refractivity contribution in [2.75, 3.05) is 6.61 Å². The lowest BCUT2D eigenvalue weighted by molar-refractivity contribution is -0.387. The summed E-state index contributed by atoms with van der Waals surface area (Å²) in [4.78, 5) is 21.6. The predicted molar refractivity (Wildman–Crippen MR) is 68.7 cm³/mol. The van der Waals surface area contributed by atoms with Crippen molar-refractivity contribution in [3.63, 3.8) is 0 Å². The van der Waals surface area contributed by atoms with Crippen molar-refractivity contribution in [3.8, 4) is 0 Å². The van der Waals surface area contributed by atoms with Crippen LogP contribution >= 0.6 is 0 Å². The van der Waals surface area contributed by atoms with Crippen LogP contribution in [0, 0.1) is 21.8 Å². The molecule has 2 rings (SSSR count). The summed E-state index contributed by atoms with van der Waals surface area (Å²) in [6.45, 7) is -0.000427. The smallest absolute Gasteiger partial charge is 0.304 e. The first-order valence-electron chi connectivity index (χ1n) is 6.38. The number of hydrogen-bond donors (Lipinski definition) is 2. The summed E-state index contributed by atoms with van der Waals surface area (Å²) in [5.74, 6) is -1.50. The van der Waals surface area contributed by atoms with E-state index in [-0.39, 0.29) is 24.1 Å². The van der Waals surface area contributed by atoms with Crippen LogP contribution in [0.1, 0.15) is 29.6 Å². The molecule has 1 fully saturated rings. The molecule has 1 saturated carbocycles. The SMILES string of the molecule is O=C(NC1CCCC1CO)c1ccc([N+](=O)[O-])c(F)c1. The van der Waals surface area contributed by atoms with Crippen LogP contribution in [0.2, 0.25) is 0 Å². The fraction of sp³-hybridized carbons (Fsp3) is 0.462. The molecule has 1 aliphatic rings. The van der Waals surface area contributed by atoms with Gasteiger partial charge in [0, 0.05) is 30.2 Å². The molecule has 20 heavy (non-hydrogen) atoms. The molecule has 1 aliphatic carbocycles. The van der Waals surface area contributed by atoms with Gasteiger partial charge in [-0.3, -0.25) is 14.9 Å².